The van der Waals surface area contributed by atoms with Crippen LogP contribution in [0.5, 0.6) is 0 Å². The van der Waals surface area contributed by atoms with Crippen LogP contribution in [0.2, 0.25) is 0 Å². The summed E-state index contributed by atoms with van der Waals surface area (Å²) in [7, 11) is 0. The molecule has 1 amide bonds. The van der Waals surface area contributed by atoms with Gasteiger partial charge >= 0.3 is 5.97 Å². The van der Waals surface area contributed by atoms with Crippen molar-refractivity contribution in [3.05, 3.63) is 21.9 Å². The van der Waals surface area contributed by atoms with Gasteiger partial charge in [0.2, 0.25) is 0 Å². The van der Waals surface area contributed by atoms with Gasteiger partial charge in [0.1, 0.15) is 0 Å². The van der Waals surface area contributed by atoms with Crippen LogP contribution in [0.1, 0.15) is 66.6 Å². The Morgan fingerprint density at radius 3 is 2.88 bits per heavy atom. The third-order valence-electron chi connectivity index (χ3n) is 5.31. The van der Waals surface area contributed by atoms with E-state index in [0.29, 0.717) is 22.4 Å². The summed E-state index contributed by atoms with van der Waals surface area (Å²) in [5.41, 5.74) is 0.593. The molecule has 3 atom stereocenters. The van der Waals surface area contributed by atoms with E-state index in [1.807, 2.05) is 11.0 Å². The largest absolute Gasteiger partial charge is 0.465 e. The van der Waals surface area contributed by atoms with Gasteiger partial charge in [-0.15, -0.1) is 11.3 Å². The van der Waals surface area contributed by atoms with Gasteiger partial charge in [-0.25, -0.2) is 0 Å². The Balaban J connectivity index is 1.76. The summed E-state index contributed by atoms with van der Waals surface area (Å²) in [6.07, 6.45) is 7.07. The third kappa shape index (κ3) is 3.72. The number of nitrogens with zero attached hydrogens (tertiary/aromatic N) is 2. The minimum atomic E-state index is -0.949. The molecule has 0 bridgehead atoms. The van der Waals surface area contributed by atoms with Crippen LogP contribution >= 0.6 is 11.3 Å². The molecule has 2 fully saturated rings. The predicted octanol–water partition coefficient (Wildman–Crippen LogP) is 3.71. The van der Waals surface area contributed by atoms with Gasteiger partial charge in [-0.05, 0) is 44.6 Å². The third-order valence-corrected chi connectivity index (χ3v) is 6.30. The smallest absolute Gasteiger partial charge is 0.328 e. The molecule has 1 saturated heterocycles. The molecule has 134 valence electrons. The number of amides is 1. The van der Waals surface area contributed by atoms with Crippen molar-refractivity contribution >= 4 is 23.2 Å². The number of hydrogen-bond acceptors (Lipinski definition) is 5. The van der Waals surface area contributed by atoms with Crippen molar-refractivity contribution in [3.63, 3.8) is 0 Å². The van der Waals surface area contributed by atoms with E-state index in [4.69, 9.17) is 4.74 Å². The molecule has 3 unspecified atom stereocenters. The summed E-state index contributed by atoms with van der Waals surface area (Å²) in [6, 6.07) is 4.05. The molecule has 0 N–H and O–H groups in total. The summed E-state index contributed by atoms with van der Waals surface area (Å²) in [5.74, 6) is -0.818. The summed E-state index contributed by atoms with van der Waals surface area (Å²) in [5, 5.41) is 11.1. The number of piperidine rings is 1. The fourth-order valence-corrected chi connectivity index (χ4v) is 5.03. The van der Waals surface area contributed by atoms with E-state index in [2.05, 4.69) is 0 Å². The molecule has 2 heterocycles. The summed E-state index contributed by atoms with van der Waals surface area (Å²) in [6.45, 7) is 2.77. The number of ether oxygens (including phenoxy) is 1. The fourth-order valence-electron chi connectivity index (χ4n) is 4.12. The van der Waals surface area contributed by atoms with E-state index >= 15 is 0 Å². The number of rotatable bonds is 4. The second-order valence-corrected chi connectivity index (χ2v) is 7.75. The lowest BCUT2D eigenvalue weighted by Crippen LogP contribution is -2.49. The first-order valence-corrected chi connectivity index (χ1v) is 9.99. The minimum absolute atomic E-state index is 0.0413. The van der Waals surface area contributed by atoms with E-state index in [1.165, 1.54) is 37.0 Å². The van der Waals surface area contributed by atoms with Gasteiger partial charge in [0, 0.05) is 22.8 Å². The van der Waals surface area contributed by atoms with Gasteiger partial charge in [-0.2, -0.15) is 5.26 Å². The van der Waals surface area contributed by atoms with Crippen LogP contribution in [-0.4, -0.2) is 36.0 Å². The molecular formula is C19H24N2O3S. The molecule has 5 nitrogen and oxygen atoms in total. The van der Waals surface area contributed by atoms with Gasteiger partial charge in [-0.3, -0.25) is 9.59 Å². The van der Waals surface area contributed by atoms with Crippen LogP contribution in [-0.2, 0) is 9.53 Å². The molecule has 6 heteroatoms. The van der Waals surface area contributed by atoms with Crippen molar-refractivity contribution in [3.8, 4) is 6.07 Å². The zero-order valence-electron chi connectivity index (χ0n) is 14.6. The highest BCUT2D eigenvalue weighted by Gasteiger charge is 2.36. The molecule has 1 aromatic heterocycles. The van der Waals surface area contributed by atoms with E-state index in [-0.39, 0.29) is 12.5 Å². The Morgan fingerprint density at radius 2 is 2.12 bits per heavy atom. The lowest BCUT2D eigenvalue weighted by atomic mass is 9.78. The molecular weight excluding hydrogens is 336 g/mol. The Kier molecular flexibility index (Phi) is 5.74. The first-order chi connectivity index (χ1) is 12.2. The molecule has 1 aliphatic carbocycles. The van der Waals surface area contributed by atoms with Crippen LogP contribution in [0.15, 0.2) is 11.4 Å². The van der Waals surface area contributed by atoms with Crippen molar-refractivity contribution in [2.24, 2.45) is 5.92 Å². The molecule has 0 spiro atoms. The minimum Gasteiger partial charge on any atom is -0.465 e. The Bertz CT molecular complexity index is 676. The number of fused-ring (bicyclic) bond motifs is 1. The average Bonchev–Trinajstić information content (AvgIpc) is 3.11. The topological polar surface area (TPSA) is 70.4 Å². The lowest BCUT2D eigenvalue weighted by molar-refractivity contribution is -0.143. The number of carbonyl (C=O) groups excluding carboxylic acids is 2. The molecule has 1 aromatic rings. The number of hydrogen-bond donors (Lipinski definition) is 0. The SMILES string of the molecule is CCOC(=O)C(C#N)c1cc(C(=O)N2CCCC3CCCCC32)cs1. The van der Waals surface area contributed by atoms with Crippen LogP contribution < -0.4 is 0 Å². The second-order valence-electron chi connectivity index (χ2n) is 6.80. The highest BCUT2D eigenvalue weighted by molar-refractivity contribution is 7.10. The Labute approximate surface area is 152 Å². The summed E-state index contributed by atoms with van der Waals surface area (Å²) < 4.78 is 4.96. The summed E-state index contributed by atoms with van der Waals surface area (Å²) >= 11 is 1.29. The van der Waals surface area contributed by atoms with Crippen LogP contribution in [0.3, 0.4) is 0 Å². The highest BCUT2D eigenvalue weighted by Crippen LogP contribution is 2.36. The maximum atomic E-state index is 13.0. The lowest BCUT2D eigenvalue weighted by Gasteiger charge is -2.44. The number of carbonyl (C=O) groups is 2. The first-order valence-electron chi connectivity index (χ1n) is 9.11. The van der Waals surface area contributed by atoms with Gasteiger partial charge in [0.05, 0.1) is 18.2 Å². The standard InChI is InChI=1S/C19H24N2O3S/c1-2-24-19(23)15(11-20)17-10-14(12-25-17)18(22)21-9-5-7-13-6-3-4-8-16(13)21/h10,12-13,15-16H,2-9H2,1H3. The van der Waals surface area contributed by atoms with E-state index < -0.39 is 11.9 Å². The number of thiophene rings is 1. The highest BCUT2D eigenvalue weighted by atomic mass is 32.1. The zero-order valence-corrected chi connectivity index (χ0v) is 15.4. The molecule has 0 radical (unpaired) electrons. The van der Waals surface area contributed by atoms with Gasteiger partial charge < -0.3 is 9.64 Å². The fraction of sp³-hybridized carbons (Fsp3) is 0.632. The van der Waals surface area contributed by atoms with Crippen LogP contribution in [0.4, 0.5) is 0 Å². The number of esters is 1. The van der Waals surface area contributed by atoms with E-state index in [0.717, 1.165) is 19.4 Å². The van der Waals surface area contributed by atoms with Gasteiger partial charge in [0.25, 0.3) is 5.91 Å². The van der Waals surface area contributed by atoms with Crippen molar-refractivity contribution < 1.29 is 14.3 Å². The molecule has 1 aliphatic heterocycles. The van der Waals surface area contributed by atoms with E-state index in [9.17, 15) is 14.9 Å². The molecule has 25 heavy (non-hydrogen) atoms. The van der Waals surface area contributed by atoms with Crippen molar-refractivity contribution in [2.45, 2.75) is 57.4 Å². The quantitative estimate of drug-likeness (QED) is 0.768. The Morgan fingerprint density at radius 1 is 1.36 bits per heavy atom. The van der Waals surface area contributed by atoms with Crippen LogP contribution in [0, 0.1) is 17.2 Å². The number of nitriles is 1. The Hall–Kier alpha value is -1.87. The maximum Gasteiger partial charge on any atom is 0.328 e. The van der Waals surface area contributed by atoms with Crippen molar-refractivity contribution in [1.29, 1.82) is 5.26 Å². The van der Waals surface area contributed by atoms with Crippen LogP contribution in [0.25, 0.3) is 0 Å². The van der Waals surface area contributed by atoms with Gasteiger partial charge in [0.15, 0.2) is 5.92 Å². The van der Waals surface area contributed by atoms with E-state index in [1.54, 1.807) is 18.4 Å². The second kappa shape index (κ2) is 8.01. The molecule has 2 aliphatic rings. The summed E-state index contributed by atoms with van der Waals surface area (Å²) in [4.78, 5) is 27.5. The van der Waals surface area contributed by atoms with Crippen molar-refractivity contribution in [1.82, 2.24) is 4.90 Å². The number of likely N-dealkylation sites (tertiary alicyclic amines) is 1. The van der Waals surface area contributed by atoms with Gasteiger partial charge in [-0.1, -0.05) is 12.8 Å². The molecule has 3 rings (SSSR count). The molecule has 1 saturated carbocycles. The average molecular weight is 360 g/mol. The predicted molar refractivity (Wildman–Crippen MR) is 95.3 cm³/mol. The van der Waals surface area contributed by atoms with Crippen molar-refractivity contribution in [2.75, 3.05) is 13.2 Å². The maximum absolute atomic E-state index is 13.0. The first kappa shape index (κ1) is 17.9. The molecule has 0 aromatic carbocycles. The monoisotopic (exact) mass is 360 g/mol. The zero-order chi connectivity index (χ0) is 17.8. The normalized spacial score (nSPS) is 24.1.